The maximum Gasteiger partial charge on any atom is 0.258 e. The molecule has 5 nitrogen and oxygen atoms in total. The molecule has 2 N–H and O–H groups in total. The molecule has 112 valence electrons. The Hall–Kier alpha value is -1.73. The van der Waals surface area contributed by atoms with E-state index in [0.29, 0.717) is 25.3 Å². The quantitative estimate of drug-likeness (QED) is 0.696. The Morgan fingerprint density at radius 3 is 2.50 bits per heavy atom. The lowest BCUT2D eigenvalue weighted by molar-refractivity contribution is -0.123. The first-order chi connectivity index (χ1) is 9.58. The largest absolute Gasteiger partial charge is 0.478 e. The Labute approximate surface area is 116 Å². The average molecular weight is 288 g/mol. The fourth-order valence-electron chi connectivity index (χ4n) is 1.54. The summed E-state index contributed by atoms with van der Waals surface area (Å²) in [5.74, 6) is -2.69. The van der Waals surface area contributed by atoms with Gasteiger partial charge in [-0.2, -0.15) is 0 Å². The minimum absolute atomic E-state index is 0.310. The van der Waals surface area contributed by atoms with Gasteiger partial charge >= 0.3 is 0 Å². The summed E-state index contributed by atoms with van der Waals surface area (Å²) in [5, 5.41) is 5.27. The van der Waals surface area contributed by atoms with Crippen molar-refractivity contribution in [1.82, 2.24) is 10.6 Å². The van der Waals surface area contributed by atoms with E-state index in [1.165, 1.54) is 7.11 Å². The third kappa shape index (κ3) is 5.10. The standard InChI is InChI=1S/C13H18F2N2O3/c1-16-7-9-5-10(14)13(11(15)6-9)20-8-12(18)17-3-4-19-2/h5-6,16H,3-4,7-8H2,1-2H3,(H,17,18). The van der Waals surface area contributed by atoms with Gasteiger partial charge in [-0.1, -0.05) is 0 Å². The highest BCUT2D eigenvalue weighted by Gasteiger charge is 2.14. The van der Waals surface area contributed by atoms with E-state index < -0.39 is 29.9 Å². The van der Waals surface area contributed by atoms with Gasteiger partial charge in [0.15, 0.2) is 24.0 Å². The van der Waals surface area contributed by atoms with Gasteiger partial charge in [0.25, 0.3) is 5.91 Å². The lowest BCUT2D eigenvalue weighted by Gasteiger charge is -2.10. The summed E-state index contributed by atoms with van der Waals surface area (Å²) in [7, 11) is 3.17. The first-order valence-electron chi connectivity index (χ1n) is 6.09. The molecule has 0 aliphatic rings. The Morgan fingerprint density at radius 1 is 1.30 bits per heavy atom. The normalized spacial score (nSPS) is 10.4. The second kappa shape index (κ2) is 8.44. The van der Waals surface area contributed by atoms with Gasteiger partial charge in [0.05, 0.1) is 6.61 Å². The SMILES string of the molecule is CNCc1cc(F)c(OCC(=O)NCCOC)c(F)c1. The monoisotopic (exact) mass is 288 g/mol. The average Bonchev–Trinajstić information content (AvgIpc) is 2.38. The van der Waals surface area contributed by atoms with E-state index >= 15 is 0 Å². The summed E-state index contributed by atoms with van der Waals surface area (Å²) in [6.07, 6.45) is 0. The molecule has 0 heterocycles. The number of carbonyl (C=O) groups is 1. The molecule has 0 saturated heterocycles. The molecule has 0 fully saturated rings. The second-order valence-electron chi connectivity index (χ2n) is 4.05. The summed E-state index contributed by atoms with van der Waals surface area (Å²) >= 11 is 0. The van der Waals surface area contributed by atoms with Crippen LogP contribution in [0.15, 0.2) is 12.1 Å². The molecule has 0 aliphatic heterocycles. The minimum Gasteiger partial charge on any atom is -0.478 e. The summed E-state index contributed by atoms with van der Waals surface area (Å²) in [4.78, 5) is 11.3. The molecular weight excluding hydrogens is 270 g/mol. The zero-order valence-electron chi connectivity index (χ0n) is 11.5. The van der Waals surface area contributed by atoms with Gasteiger partial charge in [-0.3, -0.25) is 4.79 Å². The third-order valence-corrected chi connectivity index (χ3v) is 2.41. The van der Waals surface area contributed by atoms with Crippen LogP contribution in [0.4, 0.5) is 8.78 Å². The Morgan fingerprint density at radius 2 is 1.95 bits per heavy atom. The number of nitrogens with one attached hydrogen (secondary N) is 2. The molecule has 0 saturated carbocycles. The molecule has 0 unspecified atom stereocenters. The highest BCUT2D eigenvalue weighted by atomic mass is 19.1. The number of halogens is 2. The molecule has 20 heavy (non-hydrogen) atoms. The molecule has 0 aliphatic carbocycles. The van der Waals surface area contributed by atoms with Crippen molar-refractivity contribution in [3.05, 3.63) is 29.3 Å². The van der Waals surface area contributed by atoms with Crippen molar-refractivity contribution in [2.24, 2.45) is 0 Å². The van der Waals surface area contributed by atoms with E-state index in [4.69, 9.17) is 9.47 Å². The number of benzene rings is 1. The van der Waals surface area contributed by atoms with E-state index in [-0.39, 0.29) is 0 Å². The Balaban J connectivity index is 2.57. The Bertz CT molecular complexity index is 432. The van der Waals surface area contributed by atoms with Gasteiger partial charge in [-0.25, -0.2) is 8.78 Å². The van der Waals surface area contributed by atoms with Crippen LogP contribution in [0.5, 0.6) is 5.75 Å². The van der Waals surface area contributed by atoms with Gasteiger partial charge in [0.1, 0.15) is 0 Å². The van der Waals surface area contributed by atoms with Gasteiger partial charge in [0, 0.05) is 20.2 Å². The molecule has 0 bridgehead atoms. The van der Waals surface area contributed by atoms with E-state index in [2.05, 4.69) is 10.6 Å². The second-order valence-corrected chi connectivity index (χ2v) is 4.05. The smallest absolute Gasteiger partial charge is 0.258 e. The van der Waals surface area contributed by atoms with Crippen LogP contribution >= 0.6 is 0 Å². The number of amides is 1. The molecule has 1 amide bonds. The lowest BCUT2D eigenvalue weighted by Crippen LogP contribution is -2.31. The van der Waals surface area contributed by atoms with Crippen molar-refractivity contribution in [1.29, 1.82) is 0 Å². The predicted octanol–water partition coefficient (Wildman–Crippen LogP) is 0.826. The summed E-state index contributed by atoms with van der Waals surface area (Å²) < 4.78 is 36.9. The van der Waals surface area contributed by atoms with Crippen LogP contribution in [0, 0.1) is 11.6 Å². The third-order valence-electron chi connectivity index (χ3n) is 2.41. The molecule has 0 aromatic heterocycles. The summed E-state index contributed by atoms with van der Waals surface area (Å²) in [6, 6.07) is 2.33. The predicted molar refractivity (Wildman–Crippen MR) is 69.5 cm³/mol. The van der Waals surface area contributed by atoms with Crippen LogP contribution in [0.2, 0.25) is 0 Å². The first kappa shape index (κ1) is 16.3. The molecular formula is C13H18F2N2O3. The molecule has 1 rings (SSSR count). The fraction of sp³-hybridized carbons (Fsp3) is 0.462. The lowest BCUT2D eigenvalue weighted by atomic mass is 10.2. The zero-order chi connectivity index (χ0) is 15.0. The van der Waals surface area contributed by atoms with Crippen molar-refractivity contribution in [2.75, 3.05) is 33.9 Å². The van der Waals surface area contributed by atoms with Crippen LogP contribution in [0.25, 0.3) is 0 Å². The molecule has 1 aromatic rings. The Kier molecular flexibility index (Phi) is 6.89. The number of ether oxygens (including phenoxy) is 2. The van der Waals surface area contributed by atoms with Gasteiger partial charge < -0.3 is 20.1 Å². The fourth-order valence-corrected chi connectivity index (χ4v) is 1.54. The minimum atomic E-state index is -0.833. The van der Waals surface area contributed by atoms with Crippen molar-refractivity contribution >= 4 is 5.91 Å². The van der Waals surface area contributed by atoms with Crippen LogP contribution in [0.3, 0.4) is 0 Å². The summed E-state index contributed by atoms with van der Waals surface area (Å²) in [6.45, 7) is 0.548. The number of hydrogen-bond donors (Lipinski definition) is 2. The number of carbonyl (C=O) groups excluding carboxylic acids is 1. The van der Waals surface area contributed by atoms with Gasteiger partial charge in [-0.15, -0.1) is 0 Å². The van der Waals surface area contributed by atoms with Crippen LogP contribution in [-0.4, -0.2) is 39.8 Å². The molecule has 0 atom stereocenters. The van der Waals surface area contributed by atoms with Crippen LogP contribution < -0.4 is 15.4 Å². The number of methoxy groups -OCH3 is 1. The van der Waals surface area contributed by atoms with Crippen molar-refractivity contribution in [3.8, 4) is 5.75 Å². The molecule has 0 radical (unpaired) electrons. The topological polar surface area (TPSA) is 59.6 Å². The van der Waals surface area contributed by atoms with E-state index in [0.717, 1.165) is 12.1 Å². The first-order valence-corrected chi connectivity index (χ1v) is 6.09. The van der Waals surface area contributed by atoms with Crippen molar-refractivity contribution in [3.63, 3.8) is 0 Å². The van der Waals surface area contributed by atoms with E-state index in [1.54, 1.807) is 7.05 Å². The van der Waals surface area contributed by atoms with E-state index in [9.17, 15) is 13.6 Å². The number of hydrogen-bond acceptors (Lipinski definition) is 4. The molecule has 0 spiro atoms. The van der Waals surface area contributed by atoms with Crippen LogP contribution in [-0.2, 0) is 16.1 Å². The van der Waals surface area contributed by atoms with Crippen LogP contribution in [0.1, 0.15) is 5.56 Å². The summed E-state index contributed by atoms with van der Waals surface area (Å²) in [5.41, 5.74) is 0.458. The zero-order valence-corrected chi connectivity index (χ0v) is 11.5. The highest BCUT2D eigenvalue weighted by Crippen LogP contribution is 2.23. The van der Waals surface area contributed by atoms with Crippen molar-refractivity contribution < 1.29 is 23.0 Å². The van der Waals surface area contributed by atoms with Crippen molar-refractivity contribution in [2.45, 2.75) is 6.54 Å². The van der Waals surface area contributed by atoms with E-state index in [1.807, 2.05) is 0 Å². The maximum atomic E-state index is 13.6. The maximum absolute atomic E-state index is 13.6. The highest BCUT2D eigenvalue weighted by molar-refractivity contribution is 5.77. The van der Waals surface area contributed by atoms with Gasteiger partial charge in [-0.05, 0) is 24.7 Å². The van der Waals surface area contributed by atoms with Gasteiger partial charge in [0.2, 0.25) is 0 Å². The molecule has 1 aromatic carbocycles. The molecule has 7 heteroatoms. The number of rotatable bonds is 8.